The number of aliphatic hydroxyl groups excluding tert-OH is 1. The van der Waals surface area contributed by atoms with Gasteiger partial charge in [-0.15, -0.1) is 18.3 Å². The van der Waals surface area contributed by atoms with Gasteiger partial charge in [-0.25, -0.2) is 0 Å². The minimum absolute atomic E-state index is 0.0345. The van der Waals surface area contributed by atoms with E-state index in [0.717, 1.165) is 17.2 Å². The van der Waals surface area contributed by atoms with Gasteiger partial charge in [-0.1, -0.05) is 49.1 Å². The van der Waals surface area contributed by atoms with E-state index >= 15 is 0 Å². The summed E-state index contributed by atoms with van der Waals surface area (Å²) in [7, 11) is 0. The summed E-state index contributed by atoms with van der Waals surface area (Å²) in [5.74, 6) is -2.15. The summed E-state index contributed by atoms with van der Waals surface area (Å²) >= 11 is 1.58. The van der Waals surface area contributed by atoms with Crippen LogP contribution in [0.2, 0.25) is 0 Å². The molecule has 2 aromatic carbocycles. The number of nitrogens with zero attached hydrogens (tertiary/aromatic N) is 2. The second-order valence-electron chi connectivity index (χ2n) is 9.50. The Kier molecular flexibility index (Phi) is 6.66. The highest BCUT2D eigenvalue weighted by molar-refractivity contribution is 8.02. The van der Waals surface area contributed by atoms with E-state index in [-0.39, 0.29) is 43.4 Å². The minimum Gasteiger partial charge on any atom is -0.461 e. The molecule has 2 bridgehead atoms. The number of carbonyl (C=O) groups is 3. The third-order valence-electron chi connectivity index (χ3n) is 7.61. The summed E-state index contributed by atoms with van der Waals surface area (Å²) < 4.78 is 4.64. The van der Waals surface area contributed by atoms with E-state index in [4.69, 9.17) is 4.74 Å². The number of aliphatic hydroxyl groups is 1. The number of rotatable bonds is 9. The molecule has 0 radical (unpaired) electrons. The quantitative estimate of drug-likeness (QED) is 0.415. The molecule has 5 rings (SSSR count). The van der Waals surface area contributed by atoms with Crippen LogP contribution in [-0.2, 0) is 19.1 Å². The lowest BCUT2D eigenvalue weighted by molar-refractivity contribution is -0.153. The average Bonchev–Trinajstić information content (AvgIpc) is 3.53. The molecular weight excluding hydrogens is 476 g/mol. The molecule has 3 heterocycles. The number of thioether (sulfide) groups is 1. The van der Waals surface area contributed by atoms with E-state index in [1.54, 1.807) is 22.7 Å². The van der Waals surface area contributed by atoms with Crippen molar-refractivity contribution in [3.05, 3.63) is 67.8 Å². The van der Waals surface area contributed by atoms with Crippen LogP contribution in [0.3, 0.4) is 0 Å². The third kappa shape index (κ3) is 3.74. The molecule has 36 heavy (non-hydrogen) atoms. The standard InChI is InChI=1S/C28H30N2O5S/c1-3-13-29(20-10-9-18-7-5-6-8-19(18)17-20)26(33)24-28-12-11-21(36-28)22(27(34)35-16-4-2)23(28)25(32)30(24)14-15-31/h3-10,17,21-24,31H,1-2,11-16H2/t21-,22+,23+,24?,28?/m1/s1. The van der Waals surface area contributed by atoms with E-state index in [1.165, 1.54) is 11.0 Å². The fraction of sp³-hybridized carbons (Fsp3) is 0.393. The summed E-state index contributed by atoms with van der Waals surface area (Å²) in [5, 5.41) is 11.8. The van der Waals surface area contributed by atoms with Crippen LogP contribution in [0.15, 0.2) is 67.8 Å². The Labute approximate surface area is 214 Å². The smallest absolute Gasteiger partial charge is 0.311 e. The molecule has 2 amide bonds. The average molecular weight is 507 g/mol. The Morgan fingerprint density at radius 1 is 1.19 bits per heavy atom. The van der Waals surface area contributed by atoms with Crippen molar-refractivity contribution in [2.45, 2.75) is 28.9 Å². The number of hydrogen-bond acceptors (Lipinski definition) is 6. The number of ether oxygens (including phenoxy) is 1. The molecular formula is C28H30N2O5S. The molecule has 5 atom stereocenters. The Hall–Kier alpha value is -3.10. The Bertz CT molecular complexity index is 1230. The molecule has 1 N–H and O–H groups in total. The lowest BCUT2D eigenvalue weighted by Gasteiger charge is -2.37. The number of likely N-dealkylation sites (tertiary alicyclic amines) is 1. The van der Waals surface area contributed by atoms with Crippen molar-refractivity contribution < 1.29 is 24.2 Å². The maximum absolute atomic E-state index is 14.3. The van der Waals surface area contributed by atoms with Gasteiger partial charge in [0.2, 0.25) is 5.91 Å². The molecule has 3 aliphatic rings. The van der Waals surface area contributed by atoms with E-state index in [0.29, 0.717) is 12.1 Å². The van der Waals surface area contributed by atoms with Crippen molar-refractivity contribution >= 4 is 46.0 Å². The van der Waals surface area contributed by atoms with Crippen molar-refractivity contribution in [3.63, 3.8) is 0 Å². The minimum atomic E-state index is -0.791. The molecule has 7 nitrogen and oxygen atoms in total. The Morgan fingerprint density at radius 2 is 1.97 bits per heavy atom. The zero-order chi connectivity index (χ0) is 25.4. The van der Waals surface area contributed by atoms with Crippen molar-refractivity contribution in [1.29, 1.82) is 0 Å². The van der Waals surface area contributed by atoms with Crippen LogP contribution in [0, 0.1) is 11.8 Å². The van der Waals surface area contributed by atoms with Crippen LogP contribution in [0.25, 0.3) is 10.8 Å². The van der Waals surface area contributed by atoms with Crippen LogP contribution in [0.4, 0.5) is 5.69 Å². The molecule has 3 aliphatic heterocycles. The lowest BCUT2D eigenvalue weighted by atomic mass is 9.71. The topological polar surface area (TPSA) is 87.1 Å². The molecule has 1 spiro atoms. The van der Waals surface area contributed by atoms with Gasteiger partial charge in [0.05, 0.1) is 23.2 Å². The van der Waals surface area contributed by atoms with E-state index in [1.807, 2.05) is 42.5 Å². The monoisotopic (exact) mass is 506 g/mol. The van der Waals surface area contributed by atoms with Gasteiger partial charge < -0.3 is 19.6 Å². The SMILES string of the molecule is C=CCOC(=O)[C@@H]1[C@H]2C(=O)N(CCO)C(C(=O)N(CC=C)c3ccc4ccccc4c3)C23CC[C@H]1S3. The first-order valence-corrected chi connectivity index (χ1v) is 13.1. The number of esters is 1. The highest BCUT2D eigenvalue weighted by atomic mass is 32.2. The van der Waals surface area contributed by atoms with Gasteiger partial charge in [-0.3, -0.25) is 14.4 Å². The third-order valence-corrected chi connectivity index (χ3v) is 9.56. The maximum atomic E-state index is 14.3. The summed E-state index contributed by atoms with van der Waals surface area (Å²) in [5.41, 5.74) is 0.717. The van der Waals surface area contributed by atoms with Crippen molar-refractivity contribution in [1.82, 2.24) is 4.90 Å². The second-order valence-corrected chi connectivity index (χ2v) is 11.1. The number of amides is 2. The molecule has 3 saturated heterocycles. The van der Waals surface area contributed by atoms with Gasteiger partial charge in [0.1, 0.15) is 12.6 Å². The number of β-amino-alcohol motifs (C(OH)–C–C–N with tert-alkyl or cyclic N) is 1. The van der Waals surface area contributed by atoms with Gasteiger partial charge >= 0.3 is 5.97 Å². The van der Waals surface area contributed by atoms with Gasteiger partial charge in [-0.2, -0.15) is 0 Å². The molecule has 2 unspecified atom stereocenters. The summed E-state index contributed by atoms with van der Waals surface area (Å²) in [6.07, 6.45) is 4.56. The van der Waals surface area contributed by atoms with Crippen molar-refractivity contribution in [2.75, 3.05) is 31.2 Å². The number of hydrogen-bond donors (Lipinski definition) is 1. The number of anilines is 1. The van der Waals surface area contributed by atoms with Gasteiger partial charge in [0.15, 0.2) is 0 Å². The fourth-order valence-corrected chi connectivity index (χ4v) is 8.43. The first-order chi connectivity index (χ1) is 17.5. The molecule has 8 heteroatoms. The Morgan fingerprint density at radius 3 is 2.69 bits per heavy atom. The zero-order valence-corrected chi connectivity index (χ0v) is 20.9. The van der Waals surface area contributed by atoms with Gasteiger partial charge in [0.25, 0.3) is 5.91 Å². The van der Waals surface area contributed by atoms with Gasteiger partial charge in [-0.05, 0) is 35.7 Å². The summed E-state index contributed by atoms with van der Waals surface area (Å²) in [6, 6.07) is 13.0. The van der Waals surface area contributed by atoms with Gasteiger partial charge in [0, 0.05) is 24.0 Å². The highest BCUT2D eigenvalue weighted by Crippen LogP contribution is 2.66. The van der Waals surface area contributed by atoms with Crippen molar-refractivity contribution in [2.24, 2.45) is 11.8 Å². The van der Waals surface area contributed by atoms with Crippen LogP contribution >= 0.6 is 11.8 Å². The largest absolute Gasteiger partial charge is 0.461 e. The molecule has 3 fully saturated rings. The first-order valence-electron chi connectivity index (χ1n) is 12.2. The molecule has 0 aromatic heterocycles. The molecule has 0 saturated carbocycles. The Balaban J connectivity index is 1.54. The van der Waals surface area contributed by atoms with E-state index in [9.17, 15) is 19.5 Å². The zero-order valence-electron chi connectivity index (χ0n) is 20.0. The molecule has 0 aliphatic carbocycles. The van der Waals surface area contributed by atoms with Crippen LogP contribution in [-0.4, -0.2) is 70.1 Å². The second kappa shape index (κ2) is 9.75. The predicted molar refractivity (Wildman–Crippen MR) is 141 cm³/mol. The number of benzene rings is 2. The van der Waals surface area contributed by atoms with E-state index < -0.39 is 28.6 Å². The number of fused-ring (bicyclic) bond motifs is 2. The summed E-state index contributed by atoms with van der Waals surface area (Å²) in [6.45, 7) is 7.57. The fourth-order valence-electron chi connectivity index (χ4n) is 6.23. The number of carbonyl (C=O) groups excluding carboxylic acids is 3. The summed E-state index contributed by atoms with van der Waals surface area (Å²) in [4.78, 5) is 44.2. The van der Waals surface area contributed by atoms with E-state index in [2.05, 4.69) is 13.2 Å². The normalized spacial score (nSPS) is 28.2. The lowest BCUT2D eigenvalue weighted by Crippen LogP contribution is -2.55. The molecule has 2 aromatic rings. The van der Waals surface area contributed by atoms with Crippen LogP contribution in [0.5, 0.6) is 0 Å². The van der Waals surface area contributed by atoms with Crippen LogP contribution < -0.4 is 4.90 Å². The van der Waals surface area contributed by atoms with Crippen molar-refractivity contribution in [3.8, 4) is 0 Å². The predicted octanol–water partition coefficient (Wildman–Crippen LogP) is 3.17. The first kappa shape index (κ1) is 24.6. The molecule has 188 valence electrons. The van der Waals surface area contributed by atoms with Crippen LogP contribution in [0.1, 0.15) is 12.8 Å². The highest BCUT2D eigenvalue weighted by Gasteiger charge is 2.74. The maximum Gasteiger partial charge on any atom is 0.311 e.